The van der Waals surface area contributed by atoms with E-state index in [1.165, 1.54) is 11.3 Å². The molecule has 3 rings (SSSR count). The highest BCUT2D eigenvalue weighted by atomic mass is 35.5. The van der Waals surface area contributed by atoms with Crippen LogP contribution in [0.25, 0.3) is 10.8 Å². The third kappa shape index (κ3) is 3.51. The van der Waals surface area contributed by atoms with Gasteiger partial charge in [-0.15, -0.1) is 11.3 Å². The molecule has 0 unspecified atom stereocenters. The number of hydrogen-bond acceptors (Lipinski definition) is 5. The lowest BCUT2D eigenvalue weighted by atomic mass is 10.3. The Morgan fingerprint density at radius 1 is 1.29 bits per heavy atom. The number of benzene rings is 1. The average Bonchev–Trinajstić information content (AvgIpc) is 3.12. The molecule has 0 aliphatic heterocycles. The van der Waals surface area contributed by atoms with E-state index < -0.39 is 0 Å². The number of ether oxygens (including phenoxy) is 1. The summed E-state index contributed by atoms with van der Waals surface area (Å²) in [5, 5.41) is 3.16. The number of nitrogens with zero attached hydrogens (tertiary/aromatic N) is 1. The molecule has 4 nitrogen and oxygen atoms in total. The van der Waals surface area contributed by atoms with Gasteiger partial charge in [0.1, 0.15) is 5.75 Å². The predicted octanol–water partition coefficient (Wildman–Crippen LogP) is 4.20. The number of furan rings is 1. The first-order valence-electron chi connectivity index (χ1n) is 6.15. The van der Waals surface area contributed by atoms with Crippen LogP contribution in [0.15, 0.2) is 52.5 Å². The lowest BCUT2D eigenvalue weighted by Crippen LogP contribution is -2.11. The Balaban J connectivity index is 1.64. The van der Waals surface area contributed by atoms with Crippen molar-refractivity contribution >= 4 is 28.9 Å². The van der Waals surface area contributed by atoms with Gasteiger partial charge in [-0.25, -0.2) is 4.98 Å². The molecule has 0 bridgehead atoms. The molecule has 0 saturated heterocycles. The minimum atomic E-state index is -0.367. The number of halogens is 1. The Morgan fingerprint density at radius 2 is 2.10 bits per heavy atom. The Labute approximate surface area is 130 Å². The monoisotopic (exact) mass is 319 g/mol. The zero-order valence-corrected chi connectivity index (χ0v) is 12.4. The molecule has 0 aliphatic rings. The summed E-state index contributed by atoms with van der Waals surface area (Å²) in [6.45, 7) is 0. The Kier molecular flexibility index (Phi) is 4.03. The molecule has 6 heteroatoms. The SMILES string of the molecule is O=C(Cc1csc(-c2ccco2)n1)Oc1ccc(Cl)cc1. The van der Waals surface area contributed by atoms with Gasteiger partial charge < -0.3 is 9.15 Å². The van der Waals surface area contributed by atoms with Gasteiger partial charge in [0, 0.05) is 10.4 Å². The second-order valence-electron chi connectivity index (χ2n) is 4.23. The van der Waals surface area contributed by atoms with Gasteiger partial charge >= 0.3 is 5.97 Å². The van der Waals surface area contributed by atoms with Crippen molar-refractivity contribution in [3.63, 3.8) is 0 Å². The maximum atomic E-state index is 11.8. The summed E-state index contributed by atoms with van der Waals surface area (Å²) in [5.41, 5.74) is 0.658. The smallest absolute Gasteiger partial charge is 0.317 e. The van der Waals surface area contributed by atoms with Gasteiger partial charge in [-0.05, 0) is 36.4 Å². The van der Waals surface area contributed by atoms with Gasteiger partial charge in [-0.2, -0.15) is 0 Å². The molecule has 106 valence electrons. The maximum Gasteiger partial charge on any atom is 0.317 e. The van der Waals surface area contributed by atoms with Crippen LogP contribution in [-0.4, -0.2) is 11.0 Å². The van der Waals surface area contributed by atoms with Gasteiger partial charge in [0.2, 0.25) is 0 Å². The highest BCUT2D eigenvalue weighted by Crippen LogP contribution is 2.24. The van der Waals surface area contributed by atoms with Crippen molar-refractivity contribution in [2.75, 3.05) is 0 Å². The van der Waals surface area contributed by atoms with Crippen LogP contribution < -0.4 is 4.74 Å². The molecule has 0 atom stereocenters. The molecule has 0 fully saturated rings. The topological polar surface area (TPSA) is 52.3 Å². The highest BCUT2D eigenvalue weighted by Gasteiger charge is 2.12. The fraction of sp³-hybridized carbons (Fsp3) is 0.0667. The van der Waals surface area contributed by atoms with E-state index in [-0.39, 0.29) is 12.4 Å². The molecule has 0 N–H and O–H groups in total. The van der Waals surface area contributed by atoms with E-state index >= 15 is 0 Å². The second-order valence-corrected chi connectivity index (χ2v) is 5.52. The van der Waals surface area contributed by atoms with Crippen molar-refractivity contribution in [3.05, 3.63) is 58.8 Å². The molecule has 3 aromatic rings. The van der Waals surface area contributed by atoms with E-state index in [1.807, 2.05) is 11.4 Å². The van der Waals surface area contributed by atoms with Crippen LogP contribution in [0.3, 0.4) is 0 Å². The molecule has 2 heterocycles. The minimum Gasteiger partial charge on any atom is -0.462 e. The third-order valence-electron chi connectivity index (χ3n) is 2.65. The average molecular weight is 320 g/mol. The van der Waals surface area contributed by atoms with Crippen LogP contribution in [0.4, 0.5) is 0 Å². The van der Waals surface area contributed by atoms with Gasteiger partial charge in [0.05, 0.1) is 18.4 Å². The first-order valence-corrected chi connectivity index (χ1v) is 7.41. The van der Waals surface area contributed by atoms with Crippen LogP contribution in [0.2, 0.25) is 5.02 Å². The van der Waals surface area contributed by atoms with Crippen LogP contribution in [-0.2, 0) is 11.2 Å². The zero-order valence-electron chi connectivity index (χ0n) is 10.8. The fourth-order valence-corrected chi connectivity index (χ4v) is 2.63. The molecule has 21 heavy (non-hydrogen) atoms. The first-order chi connectivity index (χ1) is 10.2. The van der Waals surface area contributed by atoms with Crippen LogP contribution in [0.1, 0.15) is 5.69 Å². The van der Waals surface area contributed by atoms with Crippen LogP contribution in [0, 0.1) is 0 Å². The number of esters is 1. The molecule has 0 radical (unpaired) electrons. The van der Waals surface area contributed by atoms with Gasteiger partial charge in [0.15, 0.2) is 10.8 Å². The minimum absolute atomic E-state index is 0.111. The molecule has 0 amide bonds. The number of thiazole rings is 1. The summed E-state index contributed by atoms with van der Waals surface area (Å²) in [7, 11) is 0. The number of aromatic nitrogens is 1. The predicted molar refractivity (Wildman–Crippen MR) is 80.6 cm³/mol. The summed E-state index contributed by atoms with van der Waals surface area (Å²) in [5.74, 6) is 0.789. The lowest BCUT2D eigenvalue weighted by Gasteiger charge is -2.02. The summed E-state index contributed by atoms with van der Waals surface area (Å²) in [4.78, 5) is 16.2. The maximum absolute atomic E-state index is 11.8. The normalized spacial score (nSPS) is 10.5. The molecule has 0 aliphatic carbocycles. The molecule has 2 aromatic heterocycles. The largest absolute Gasteiger partial charge is 0.462 e. The molecular formula is C15H10ClNO3S. The van der Waals surface area contributed by atoms with E-state index in [2.05, 4.69) is 4.98 Å². The third-order valence-corrected chi connectivity index (χ3v) is 3.81. The van der Waals surface area contributed by atoms with Gasteiger partial charge in [-0.3, -0.25) is 4.79 Å². The summed E-state index contributed by atoms with van der Waals surface area (Å²) >= 11 is 7.20. The van der Waals surface area contributed by atoms with E-state index in [9.17, 15) is 4.79 Å². The van der Waals surface area contributed by atoms with Crippen molar-refractivity contribution in [3.8, 4) is 16.5 Å². The fourth-order valence-electron chi connectivity index (χ4n) is 1.72. The van der Waals surface area contributed by atoms with Crippen molar-refractivity contribution in [1.29, 1.82) is 0 Å². The molecule has 0 spiro atoms. The van der Waals surface area contributed by atoms with Crippen molar-refractivity contribution in [1.82, 2.24) is 4.98 Å². The van der Waals surface area contributed by atoms with Gasteiger partial charge in [-0.1, -0.05) is 11.6 Å². The quantitative estimate of drug-likeness (QED) is 0.534. The van der Waals surface area contributed by atoms with Crippen molar-refractivity contribution < 1.29 is 13.9 Å². The van der Waals surface area contributed by atoms with Crippen molar-refractivity contribution in [2.24, 2.45) is 0 Å². The number of carbonyl (C=O) groups excluding carboxylic acids is 1. The lowest BCUT2D eigenvalue weighted by molar-refractivity contribution is -0.133. The van der Waals surface area contributed by atoms with Crippen molar-refractivity contribution in [2.45, 2.75) is 6.42 Å². The van der Waals surface area contributed by atoms with Gasteiger partial charge in [0.25, 0.3) is 0 Å². The summed E-state index contributed by atoms with van der Waals surface area (Å²) < 4.78 is 10.5. The highest BCUT2D eigenvalue weighted by molar-refractivity contribution is 7.13. The molecular weight excluding hydrogens is 310 g/mol. The summed E-state index contributed by atoms with van der Waals surface area (Å²) in [6, 6.07) is 10.3. The first kappa shape index (κ1) is 13.9. The van der Waals surface area contributed by atoms with E-state index in [4.69, 9.17) is 20.8 Å². The number of hydrogen-bond donors (Lipinski definition) is 0. The second kappa shape index (κ2) is 6.11. The standard InChI is InChI=1S/C15H10ClNO3S/c16-10-3-5-12(6-4-10)20-14(18)8-11-9-21-15(17-11)13-2-1-7-19-13/h1-7,9H,8H2. The number of carbonyl (C=O) groups is 1. The summed E-state index contributed by atoms with van der Waals surface area (Å²) in [6.07, 6.45) is 1.70. The van der Waals surface area contributed by atoms with E-state index in [1.54, 1.807) is 36.6 Å². The van der Waals surface area contributed by atoms with Crippen LogP contribution in [0.5, 0.6) is 5.75 Å². The Hall–Kier alpha value is -2.11. The zero-order chi connectivity index (χ0) is 14.7. The molecule has 0 saturated carbocycles. The number of rotatable bonds is 4. The van der Waals surface area contributed by atoms with E-state index in [0.29, 0.717) is 22.2 Å². The van der Waals surface area contributed by atoms with Crippen LogP contribution >= 0.6 is 22.9 Å². The Bertz CT molecular complexity index is 735. The molecule has 1 aromatic carbocycles. The Morgan fingerprint density at radius 3 is 2.81 bits per heavy atom. The van der Waals surface area contributed by atoms with E-state index in [0.717, 1.165) is 5.01 Å².